The molecule has 0 nitrogen and oxygen atoms in total. The van der Waals surface area contributed by atoms with Gasteiger partial charge in [0.05, 0.1) is 0 Å². The van der Waals surface area contributed by atoms with Crippen molar-refractivity contribution in [2.24, 2.45) is 0 Å². The normalized spacial score (nSPS) is 9.38. The van der Waals surface area contributed by atoms with Crippen LogP contribution in [0.4, 0.5) is 4.39 Å². The third kappa shape index (κ3) is 3.07. The van der Waals surface area contributed by atoms with Gasteiger partial charge in [0.15, 0.2) is 0 Å². The minimum atomic E-state index is -0.236. The van der Waals surface area contributed by atoms with E-state index in [0.29, 0.717) is 0 Å². The van der Waals surface area contributed by atoms with Gasteiger partial charge in [-0.25, -0.2) is 4.39 Å². The number of halogens is 2. The fraction of sp³-hybridized carbons (Fsp3) is 0. The second-order valence-corrected chi connectivity index (χ2v) is 4.51. The van der Waals surface area contributed by atoms with Crippen molar-refractivity contribution in [1.29, 1.82) is 0 Å². The molecular weight excluding hydrogens is 314 g/mol. The molecule has 0 aliphatic rings. The highest BCUT2D eigenvalue weighted by atomic mass is 127. The summed E-state index contributed by atoms with van der Waals surface area (Å²) in [5.41, 5.74) is 1.78. The Morgan fingerprint density at radius 1 is 0.750 bits per heavy atom. The van der Waals surface area contributed by atoms with Crippen LogP contribution in [0, 0.1) is 21.2 Å². The minimum absolute atomic E-state index is 0.236. The Labute approximate surface area is 108 Å². The van der Waals surface area contributed by atoms with Gasteiger partial charge in [0.25, 0.3) is 0 Å². The average Bonchev–Trinajstić information content (AvgIpc) is 2.30. The van der Waals surface area contributed by atoms with Gasteiger partial charge in [-0.1, -0.05) is 11.8 Å². The first kappa shape index (κ1) is 11.2. The lowest BCUT2D eigenvalue weighted by atomic mass is 10.2. The molecule has 0 saturated heterocycles. The second kappa shape index (κ2) is 5.13. The molecule has 2 heteroatoms. The van der Waals surface area contributed by atoms with E-state index in [4.69, 9.17) is 0 Å². The van der Waals surface area contributed by atoms with E-state index in [-0.39, 0.29) is 5.82 Å². The van der Waals surface area contributed by atoms with Crippen LogP contribution in [-0.2, 0) is 0 Å². The van der Waals surface area contributed by atoms with Crippen LogP contribution in [-0.4, -0.2) is 0 Å². The fourth-order valence-electron chi connectivity index (χ4n) is 1.21. The van der Waals surface area contributed by atoms with Crippen molar-refractivity contribution < 1.29 is 4.39 Å². The molecule has 0 amide bonds. The summed E-state index contributed by atoms with van der Waals surface area (Å²) in [4.78, 5) is 0. The summed E-state index contributed by atoms with van der Waals surface area (Å²) in [7, 11) is 0. The lowest BCUT2D eigenvalue weighted by Gasteiger charge is -1.91. The van der Waals surface area contributed by atoms with Crippen LogP contribution in [0.25, 0.3) is 0 Å². The zero-order chi connectivity index (χ0) is 11.4. The molecular formula is C14H8FI. The van der Waals surface area contributed by atoms with E-state index in [1.54, 1.807) is 12.1 Å². The Kier molecular flexibility index (Phi) is 3.58. The first-order valence-electron chi connectivity index (χ1n) is 4.77. The zero-order valence-corrected chi connectivity index (χ0v) is 10.5. The van der Waals surface area contributed by atoms with E-state index in [9.17, 15) is 4.39 Å². The molecule has 0 saturated carbocycles. The maximum Gasteiger partial charge on any atom is 0.123 e. The van der Waals surface area contributed by atoms with Crippen molar-refractivity contribution in [3.63, 3.8) is 0 Å². The number of benzene rings is 2. The molecule has 0 bridgehead atoms. The van der Waals surface area contributed by atoms with Gasteiger partial charge in [0, 0.05) is 14.7 Å². The summed E-state index contributed by atoms with van der Waals surface area (Å²) >= 11 is 2.25. The topological polar surface area (TPSA) is 0 Å². The maximum atomic E-state index is 12.6. The Morgan fingerprint density at radius 2 is 1.19 bits per heavy atom. The lowest BCUT2D eigenvalue weighted by molar-refractivity contribution is 0.627. The van der Waals surface area contributed by atoms with Crippen LogP contribution in [0.5, 0.6) is 0 Å². The second-order valence-electron chi connectivity index (χ2n) is 3.26. The predicted molar refractivity (Wildman–Crippen MR) is 71.5 cm³/mol. The van der Waals surface area contributed by atoms with Crippen LogP contribution >= 0.6 is 22.6 Å². The molecule has 0 N–H and O–H groups in total. The van der Waals surface area contributed by atoms with Crippen LogP contribution in [0.15, 0.2) is 48.5 Å². The summed E-state index contributed by atoms with van der Waals surface area (Å²) < 4.78 is 13.8. The summed E-state index contributed by atoms with van der Waals surface area (Å²) in [5, 5.41) is 0. The fourth-order valence-corrected chi connectivity index (χ4v) is 1.57. The van der Waals surface area contributed by atoms with Crippen molar-refractivity contribution in [2.75, 3.05) is 0 Å². The van der Waals surface area contributed by atoms with Gasteiger partial charge in [-0.2, -0.15) is 0 Å². The first-order chi connectivity index (χ1) is 7.74. The van der Waals surface area contributed by atoms with Gasteiger partial charge in [0.2, 0.25) is 0 Å². The molecule has 16 heavy (non-hydrogen) atoms. The lowest BCUT2D eigenvalue weighted by Crippen LogP contribution is -1.78. The van der Waals surface area contributed by atoms with Gasteiger partial charge in [-0.15, -0.1) is 0 Å². The van der Waals surface area contributed by atoms with E-state index < -0.39 is 0 Å². The molecule has 0 aliphatic heterocycles. The van der Waals surface area contributed by atoms with E-state index in [0.717, 1.165) is 11.1 Å². The van der Waals surface area contributed by atoms with Gasteiger partial charge >= 0.3 is 0 Å². The molecule has 2 aromatic carbocycles. The molecule has 0 aliphatic carbocycles. The zero-order valence-electron chi connectivity index (χ0n) is 8.37. The van der Waals surface area contributed by atoms with Crippen molar-refractivity contribution in [3.8, 4) is 11.8 Å². The SMILES string of the molecule is Fc1ccc(C#Cc2ccc(I)cc2)cc1. The molecule has 2 aromatic rings. The van der Waals surface area contributed by atoms with Crippen molar-refractivity contribution in [1.82, 2.24) is 0 Å². The number of hydrogen-bond donors (Lipinski definition) is 0. The smallest absolute Gasteiger partial charge is 0.123 e. The van der Waals surface area contributed by atoms with E-state index in [1.807, 2.05) is 24.3 Å². The predicted octanol–water partition coefficient (Wildman–Crippen LogP) is 3.83. The summed E-state index contributed by atoms with van der Waals surface area (Å²) in [6, 6.07) is 14.1. The minimum Gasteiger partial charge on any atom is -0.207 e. The van der Waals surface area contributed by atoms with Gasteiger partial charge in [-0.3, -0.25) is 0 Å². The van der Waals surface area contributed by atoms with E-state index in [2.05, 4.69) is 34.4 Å². The highest BCUT2D eigenvalue weighted by molar-refractivity contribution is 14.1. The molecule has 0 unspecified atom stereocenters. The van der Waals surface area contributed by atoms with Crippen molar-refractivity contribution in [2.45, 2.75) is 0 Å². The first-order valence-corrected chi connectivity index (χ1v) is 5.85. The number of hydrogen-bond acceptors (Lipinski definition) is 0. The van der Waals surface area contributed by atoms with E-state index >= 15 is 0 Å². The molecule has 2 rings (SSSR count). The molecule has 0 fully saturated rings. The monoisotopic (exact) mass is 322 g/mol. The van der Waals surface area contributed by atoms with Crippen molar-refractivity contribution in [3.05, 3.63) is 69.0 Å². The Balaban J connectivity index is 2.21. The Morgan fingerprint density at radius 3 is 1.69 bits per heavy atom. The average molecular weight is 322 g/mol. The largest absolute Gasteiger partial charge is 0.207 e. The summed E-state index contributed by atoms with van der Waals surface area (Å²) in [6.07, 6.45) is 0. The molecule has 0 radical (unpaired) electrons. The van der Waals surface area contributed by atoms with Gasteiger partial charge < -0.3 is 0 Å². The highest BCUT2D eigenvalue weighted by Crippen LogP contribution is 2.06. The molecule has 0 atom stereocenters. The quantitative estimate of drug-likeness (QED) is 0.511. The van der Waals surface area contributed by atoms with Crippen LogP contribution in [0.3, 0.4) is 0 Å². The Hall–Kier alpha value is -1.34. The third-order valence-electron chi connectivity index (χ3n) is 2.04. The van der Waals surface area contributed by atoms with E-state index in [1.165, 1.54) is 15.7 Å². The van der Waals surface area contributed by atoms with Gasteiger partial charge in [0.1, 0.15) is 5.82 Å². The van der Waals surface area contributed by atoms with Crippen LogP contribution in [0.1, 0.15) is 11.1 Å². The van der Waals surface area contributed by atoms with Gasteiger partial charge in [-0.05, 0) is 71.1 Å². The standard InChI is InChI=1S/C14H8FI/c15-13-7-3-11(4-8-13)1-2-12-5-9-14(16)10-6-12/h3-10H. The Bertz CT molecular complexity index is 480. The van der Waals surface area contributed by atoms with Crippen LogP contribution in [0.2, 0.25) is 0 Å². The molecule has 0 spiro atoms. The third-order valence-corrected chi connectivity index (χ3v) is 2.76. The molecule has 78 valence electrons. The summed E-state index contributed by atoms with van der Waals surface area (Å²) in [5.74, 6) is 5.78. The molecule has 0 heterocycles. The number of rotatable bonds is 0. The maximum absolute atomic E-state index is 12.6. The van der Waals surface area contributed by atoms with Crippen molar-refractivity contribution >= 4 is 22.6 Å². The van der Waals surface area contributed by atoms with Crippen LogP contribution < -0.4 is 0 Å². The highest BCUT2D eigenvalue weighted by Gasteiger charge is 1.89. The molecule has 0 aromatic heterocycles. The summed E-state index contributed by atoms with van der Waals surface area (Å²) in [6.45, 7) is 0.